The van der Waals surface area contributed by atoms with Crippen LogP contribution < -0.4 is 0 Å². The van der Waals surface area contributed by atoms with Crippen LogP contribution in [0.4, 0.5) is 0 Å². The fourth-order valence-electron chi connectivity index (χ4n) is 2.74. The van der Waals surface area contributed by atoms with Crippen molar-refractivity contribution in [3.63, 3.8) is 0 Å². The van der Waals surface area contributed by atoms with E-state index in [-0.39, 0.29) is 0 Å². The van der Waals surface area contributed by atoms with Crippen molar-refractivity contribution >= 4 is 15.9 Å². The molecule has 1 aliphatic carbocycles. The predicted molar refractivity (Wildman–Crippen MR) is 74.2 cm³/mol. The van der Waals surface area contributed by atoms with Crippen molar-refractivity contribution < 1.29 is 0 Å². The molecule has 0 N–H and O–H groups in total. The molecule has 0 bridgehead atoms. The van der Waals surface area contributed by atoms with Gasteiger partial charge >= 0.3 is 0 Å². The highest BCUT2D eigenvalue weighted by molar-refractivity contribution is 9.09. The summed E-state index contributed by atoms with van der Waals surface area (Å²) in [5, 5.41) is 0. The Hall–Kier alpha value is -0.300. The van der Waals surface area contributed by atoms with Crippen LogP contribution in [0.15, 0.2) is 18.2 Å². The lowest BCUT2D eigenvalue weighted by molar-refractivity contribution is 0.354. The van der Waals surface area contributed by atoms with Crippen LogP contribution in [0.25, 0.3) is 0 Å². The van der Waals surface area contributed by atoms with Gasteiger partial charge in [-0.25, -0.2) is 0 Å². The van der Waals surface area contributed by atoms with E-state index >= 15 is 0 Å². The first kappa shape index (κ1) is 12.2. The maximum atomic E-state index is 3.93. The Kier molecular flexibility index (Phi) is 4.07. The molecule has 1 heteroatoms. The minimum absolute atomic E-state index is 0.563. The summed E-state index contributed by atoms with van der Waals surface area (Å²) < 4.78 is 0. The molecule has 0 amide bonds. The fraction of sp³-hybridized carbons (Fsp3) is 0.600. The Morgan fingerprint density at radius 3 is 2.50 bits per heavy atom. The molecule has 0 heterocycles. The van der Waals surface area contributed by atoms with Gasteiger partial charge in [0.25, 0.3) is 0 Å². The zero-order valence-electron chi connectivity index (χ0n) is 10.3. The van der Waals surface area contributed by atoms with Crippen molar-refractivity contribution in [2.45, 2.75) is 50.8 Å². The average Bonchev–Trinajstić information content (AvgIpc) is 2.32. The number of rotatable bonds is 2. The van der Waals surface area contributed by atoms with Gasteiger partial charge in [0.05, 0.1) is 0 Å². The molecule has 1 aromatic carbocycles. The van der Waals surface area contributed by atoms with Gasteiger partial charge in [-0.3, -0.25) is 0 Å². The first-order valence-electron chi connectivity index (χ1n) is 6.39. The molecule has 1 atom stereocenters. The third-order valence-corrected chi connectivity index (χ3v) is 5.04. The van der Waals surface area contributed by atoms with Crippen LogP contribution in [0, 0.1) is 19.8 Å². The Balaban J connectivity index is 2.18. The standard InChI is InChI=1S/C15H21Br/c1-11-8-9-12(2)14(10-11)15(16)13-6-4-3-5-7-13/h8-10,13,15H,3-7H2,1-2H3. The third-order valence-electron chi connectivity index (χ3n) is 3.80. The van der Waals surface area contributed by atoms with Crippen molar-refractivity contribution in [2.75, 3.05) is 0 Å². The topological polar surface area (TPSA) is 0 Å². The van der Waals surface area contributed by atoms with Gasteiger partial charge in [0.15, 0.2) is 0 Å². The number of aryl methyl sites for hydroxylation is 2. The second-order valence-corrected chi connectivity index (χ2v) is 6.15. The van der Waals surface area contributed by atoms with Crippen LogP contribution in [-0.4, -0.2) is 0 Å². The lowest BCUT2D eigenvalue weighted by Gasteiger charge is -2.27. The van der Waals surface area contributed by atoms with Gasteiger partial charge in [-0.15, -0.1) is 0 Å². The summed E-state index contributed by atoms with van der Waals surface area (Å²) in [6.07, 6.45) is 7.05. The summed E-state index contributed by atoms with van der Waals surface area (Å²) in [7, 11) is 0. The molecule has 16 heavy (non-hydrogen) atoms. The van der Waals surface area contributed by atoms with Gasteiger partial charge in [0.2, 0.25) is 0 Å². The van der Waals surface area contributed by atoms with Crippen LogP contribution in [0.3, 0.4) is 0 Å². The van der Waals surface area contributed by atoms with E-state index in [9.17, 15) is 0 Å². The van der Waals surface area contributed by atoms with Crippen LogP contribution >= 0.6 is 15.9 Å². The lowest BCUT2D eigenvalue weighted by atomic mass is 9.83. The second-order valence-electron chi connectivity index (χ2n) is 5.16. The number of halogens is 1. The van der Waals surface area contributed by atoms with Crippen molar-refractivity contribution in [3.05, 3.63) is 34.9 Å². The number of alkyl halides is 1. The molecule has 1 unspecified atom stereocenters. The minimum atomic E-state index is 0.563. The van der Waals surface area contributed by atoms with Gasteiger partial charge in [-0.1, -0.05) is 59.0 Å². The second kappa shape index (κ2) is 5.35. The third kappa shape index (κ3) is 2.68. The van der Waals surface area contributed by atoms with Crippen molar-refractivity contribution in [1.82, 2.24) is 0 Å². The van der Waals surface area contributed by atoms with E-state index in [4.69, 9.17) is 0 Å². The number of benzene rings is 1. The average molecular weight is 281 g/mol. The van der Waals surface area contributed by atoms with Crippen molar-refractivity contribution in [3.8, 4) is 0 Å². The fourth-order valence-corrected chi connectivity index (χ4v) is 3.76. The lowest BCUT2D eigenvalue weighted by Crippen LogP contribution is -2.12. The molecular weight excluding hydrogens is 260 g/mol. The first-order valence-corrected chi connectivity index (χ1v) is 7.31. The summed E-state index contributed by atoms with van der Waals surface area (Å²) in [5.74, 6) is 0.842. The summed E-state index contributed by atoms with van der Waals surface area (Å²) in [6.45, 7) is 4.41. The van der Waals surface area contributed by atoms with Crippen LogP contribution in [0.2, 0.25) is 0 Å². The number of hydrogen-bond acceptors (Lipinski definition) is 0. The maximum absolute atomic E-state index is 3.93. The molecule has 0 saturated heterocycles. The molecule has 0 spiro atoms. The summed E-state index contributed by atoms with van der Waals surface area (Å²) in [5.41, 5.74) is 4.31. The molecule has 1 fully saturated rings. The quantitative estimate of drug-likeness (QED) is 0.643. The van der Waals surface area contributed by atoms with Gasteiger partial charge in [0.1, 0.15) is 0 Å². The van der Waals surface area contributed by atoms with Crippen LogP contribution in [0.1, 0.15) is 53.6 Å². The summed E-state index contributed by atoms with van der Waals surface area (Å²) in [6, 6.07) is 6.81. The van der Waals surface area contributed by atoms with Gasteiger partial charge < -0.3 is 0 Å². The largest absolute Gasteiger partial charge is 0.0836 e. The normalized spacial score (nSPS) is 19.7. The monoisotopic (exact) mass is 280 g/mol. The smallest absolute Gasteiger partial charge is 0.0426 e. The maximum Gasteiger partial charge on any atom is 0.0426 e. The highest BCUT2D eigenvalue weighted by atomic mass is 79.9. The molecular formula is C15H21Br. The van der Waals surface area contributed by atoms with Crippen molar-refractivity contribution in [2.24, 2.45) is 5.92 Å². The summed E-state index contributed by atoms with van der Waals surface area (Å²) >= 11 is 3.93. The van der Waals surface area contributed by atoms with Gasteiger partial charge in [-0.2, -0.15) is 0 Å². The highest BCUT2D eigenvalue weighted by Gasteiger charge is 2.23. The Labute approximate surface area is 108 Å². The van der Waals surface area contributed by atoms with Gasteiger partial charge in [-0.05, 0) is 43.7 Å². The van der Waals surface area contributed by atoms with E-state index < -0.39 is 0 Å². The summed E-state index contributed by atoms with van der Waals surface area (Å²) in [4.78, 5) is 0.563. The van der Waals surface area contributed by atoms with Crippen molar-refractivity contribution in [1.29, 1.82) is 0 Å². The zero-order valence-corrected chi connectivity index (χ0v) is 11.9. The van der Waals surface area contributed by atoms with E-state index in [0.29, 0.717) is 4.83 Å². The van der Waals surface area contributed by atoms with Crippen LogP contribution in [-0.2, 0) is 0 Å². The van der Waals surface area contributed by atoms with E-state index in [1.165, 1.54) is 48.8 Å². The predicted octanol–water partition coefficient (Wildman–Crippen LogP) is 5.32. The first-order chi connectivity index (χ1) is 7.68. The molecule has 0 nitrogen and oxygen atoms in total. The van der Waals surface area contributed by atoms with E-state index in [2.05, 4.69) is 48.0 Å². The molecule has 1 aromatic rings. The molecule has 0 aliphatic heterocycles. The zero-order chi connectivity index (χ0) is 11.5. The molecule has 1 aliphatic rings. The molecule has 0 aromatic heterocycles. The Bertz CT molecular complexity index is 350. The molecule has 1 saturated carbocycles. The Morgan fingerprint density at radius 2 is 1.81 bits per heavy atom. The van der Waals surface area contributed by atoms with E-state index in [1.54, 1.807) is 0 Å². The van der Waals surface area contributed by atoms with E-state index in [0.717, 1.165) is 5.92 Å². The number of hydrogen-bond donors (Lipinski definition) is 0. The van der Waals surface area contributed by atoms with E-state index in [1.807, 2.05) is 0 Å². The van der Waals surface area contributed by atoms with Gasteiger partial charge in [0, 0.05) is 4.83 Å². The Morgan fingerprint density at radius 1 is 1.12 bits per heavy atom. The minimum Gasteiger partial charge on any atom is -0.0836 e. The molecule has 0 radical (unpaired) electrons. The van der Waals surface area contributed by atoms with Crippen LogP contribution in [0.5, 0.6) is 0 Å². The SMILES string of the molecule is Cc1ccc(C)c(C(Br)C2CCCCC2)c1. The molecule has 2 rings (SSSR count). The molecule has 88 valence electrons. The highest BCUT2D eigenvalue weighted by Crippen LogP contribution is 2.41.